The normalized spacial score (nSPS) is 10.3. The number of nitrogens with zero attached hydrogens (tertiary/aromatic N) is 6. The largest absolute Gasteiger partial charge is 0.554 e. The molecule has 2 heterocycles. The molecule has 0 aliphatic heterocycles. The Morgan fingerprint density at radius 2 is 0.889 bits per heavy atom. The molecule has 0 atom stereocenters. The van der Waals surface area contributed by atoms with Gasteiger partial charge in [0.25, 0.3) is 0 Å². The minimum absolute atomic E-state index is 0. The maximum absolute atomic E-state index is 8.89. The summed E-state index contributed by atoms with van der Waals surface area (Å²) >= 11 is 0. The number of aliphatic carboxylic acids is 1. The molecule has 54 heavy (non-hydrogen) atoms. The lowest BCUT2D eigenvalue weighted by atomic mass is 10.0. The van der Waals surface area contributed by atoms with Crippen LogP contribution >= 0.6 is 0 Å². The Morgan fingerprint density at radius 1 is 0.593 bits per heavy atom. The molecule has 6 rings (SSSR count). The summed E-state index contributed by atoms with van der Waals surface area (Å²) in [6.07, 6.45) is 12.2. The van der Waals surface area contributed by atoms with E-state index in [1.165, 1.54) is 22.3 Å². The molecule has 0 amide bonds. The fourth-order valence-corrected chi connectivity index (χ4v) is 5.07. The van der Waals surface area contributed by atoms with Gasteiger partial charge in [-0.2, -0.15) is 10.2 Å². The Bertz CT molecular complexity index is 1890. The van der Waals surface area contributed by atoms with Crippen molar-refractivity contribution in [2.45, 2.75) is 27.4 Å². The molecule has 0 saturated heterocycles. The van der Waals surface area contributed by atoms with Crippen LogP contribution in [0.5, 0.6) is 0 Å². The summed E-state index contributed by atoms with van der Waals surface area (Å²) in [5.74, 6) is -1.08. The Hall–Kier alpha value is -6.94. The van der Waals surface area contributed by atoms with Crippen LogP contribution in [0.15, 0.2) is 168 Å². The molecule has 0 N–H and O–H groups in total. The number of carbonyl (C=O) groups excluding carboxylic acids is 2. The molecular weight excluding hydrogens is 677 g/mol. The lowest BCUT2D eigenvalue weighted by molar-refractivity contribution is -0.688. The summed E-state index contributed by atoms with van der Waals surface area (Å²) in [6.45, 7) is 2.10. The van der Waals surface area contributed by atoms with E-state index in [0.717, 1.165) is 42.5 Å². The van der Waals surface area contributed by atoms with Crippen molar-refractivity contribution >= 4 is 36.2 Å². The van der Waals surface area contributed by atoms with Gasteiger partial charge in [0.05, 0.1) is 23.8 Å². The minimum Gasteiger partial charge on any atom is -0.554 e. The van der Waals surface area contributed by atoms with Crippen molar-refractivity contribution in [3.63, 3.8) is 0 Å². The highest BCUT2D eigenvalue weighted by Gasteiger charge is 2.07. The number of benzene rings is 4. The number of anilines is 2. The van der Waals surface area contributed by atoms with E-state index in [4.69, 9.17) is 19.8 Å². The van der Waals surface area contributed by atoms with Crippen molar-refractivity contribution in [1.82, 2.24) is 0 Å². The first kappa shape index (κ1) is 41.5. The first-order valence-corrected chi connectivity index (χ1v) is 16.8. The van der Waals surface area contributed by atoms with Crippen molar-refractivity contribution in [3.8, 4) is 11.1 Å². The second-order valence-electron chi connectivity index (χ2n) is 11.8. The SMILES string of the molecule is C.CC(=O)[O-].CN(/N=C/c1cc[n+](Cc2ccc(-c3ccc(C[n+]4ccc(/C=N/N(C)c5ccccc5)cc4)cc3)cc2)cc1)c1ccccc1.O=C[O-]. The number of para-hydroxylation sites is 2. The lowest BCUT2D eigenvalue weighted by Crippen LogP contribution is -2.33. The van der Waals surface area contributed by atoms with Crippen molar-refractivity contribution < 1.29 is 28.9 Å². The molecule has 0 aliphatic carbocycles. The molecule has 276 valence electrons. The van der Waals surface area contributed by atoms with E-state index in [9.17, 15) is 0 Å². The number of aromatic nitrogens is 2. The van der Waals surface area contributed by atoms with E-state index in [1.54, 1.807) is 0 Å². The average Bonchev–Trinajstić information content (AvgIpc) is 3.18. The van der Waals surface area contributed by atoms with E-state index in [2.05, 4.69) is 117 Å². The number of hydrazone groups is 2. The summed E-state index contributed by atoms with van der Waals surface area (Å²) in [5.41, 5.74) is 9.17. The number of rotatable bonds is 11. The highest BCUT2D eigenvalue weighted by Crippen LogP contribution is 2.21. The Morgan fingerprint density at radius 3 is 1.19 bits per heavy atom. The van der Waals surface area contributed by atoms with Crippen molar-refractivity contribution in [2.24, 2.45) is 10.2 Å². The highest BCUT2D eigenvalue weighted by molar-refractivity contribution is 5.80. The van der Waals surface area contributed by atoms with Gasteiger partial charge in [-0.3, -0.25) is 10.0 Å². The first-order valence-electron chi connectivity index (χ1n) is 16.8. The zero-order valence-electron chi connectivity index (χ0n) is 30.0. The fraction of sp³-hybridized carbons (Fsp3) is 0.136. The second kappa shape index (κ2) is 22.1. The molecule has 10 heteroatoms. The number of carboxylic acids is 1. The standard InChI is InChI=1S/C40H38N6.C2H4O2.CH2O2.CH4/c1-43(39-9-5-3-6-10-39)41-29-33-21-25-45(26-22-33)31-35-13-17-37(18-14-35)38-19-15-36(16-20-38)32-46-27-23-34(24-28-46)30-42-44(2)40-11-7-4-8-12-40;1-2(3)4;2-1-3;/h3-30H,31-32H2,1-2H3;1H3,(H,3,4);1H,(H,2,3);1H4/q+2;;;/p-2. The summed E-state index contributed by atoms with van der Waals surface area (Å²) < 4.78 is 4.37. The molecule has 6 aromatic rings. The van der Waals surface area contributed by atoms with Gasteiger partial charge in [-0.25, -0.2) is 9.13 Å². The number of pyridine rings is 2. The van der Waals surface area contributed by atoms with Gasteiger partial charge in [-0.15, -0.1) is 0 Å². The van der Waals surface area contributed by atoms with Gasteiger partial charge in [-0.05, 0) is 42.3 Å². The lowest BCUT2D eigenvalue weighted by Gasteiger charge is -2.11. The molecule has 4 aromatic carbocycles. The summed E-state index contributed by atoms with van der Waals surface area (Å²) in [6, 6.07) is 46.2. The van der Waals surface area contributed by atoms with E-state index >= 15 is 0 Å². The molecule has 0 radical (unpaired) electrons. The van der Waals surface area contributed by atoms with Crippen LogP contribution in [-0.2, 0) is 22.7 Å². The summed E-state index contributed by atoms with van der Waals surface area (Å²) in [4.78, 5) is 17.1. The summed E-state index contributed by atoms with van der Waals surface area (Å²) in [5, 5.41) is 30.0. The van der Waals surface area contributed by atoms with Crippen molar-refractivity contribution in [1.29, 1.82) is 0 Å². The zero-order chi connectivity index (χ0) is 37.8. The molecular formula is C44H46N6O4. The average molecular weight is 723 g/mol. The van der Waals surface area contributed by atoms with Gasteiger partial charge in [0.15, 0.2) is 37.9 Å². The quantitative estimate of drug-likeness (QED) is 0.0827. The van der Waals surface area contributed by atoms with Gasteiger partial charge < -0.3 is 19.8 Å². The van der Waals surface area contributed by atoms with Crippen LogP contribution in [0.2, 0.25) is 0 Å². The predicted octanol–water partition coefficient (Wildman–Crippen LogP) is 4.72. The maximum Gasteiger partial charge on any atom is 0.173 e. The van der Waals surface area contributed by atoms with Gasteiger partial charge in [0, 0.05) is 73.1 Å². The first-order chi connectivity index (χ1) is 25.7. The van der Waals surface area contributed by atoms with Crippen LogP contribution in [0.25, 0.3) is 11.1 Å². The number of carbonyl (C=O) groups is 2. The Labute approximate surface area is 317 Å². The van der Waals surface area contributed by atoms with E-state index in [-0.39, 0.29) is 7.43 Å². The monoisotopic (exact) mass is 722 g/mol. The highest BCUT2D eigenvalue weighted by atomic mass is 16.4. The van der Waals surface area contributed by atoms with Gasteiger partial charge in [0.1, 0.15) is 0 Å². The van der Waals surface area contributed by atoms with Crippen LogP contribution in [0.3, 0.4) is 0 Å². The smallest absolute Gasteiger partial charge is 0.173 e. The minimum atomic E-state index is -1.08. The molecule has 2 aromatic heterocycles. The van der Waals surface area contributed by atoms with Crippen LogP contribution in [0.1, 0.15) is 36.6 Å². The number of carboxylic acid groups (broad SMARTS) is 2. The maximum atomic E-state index is 8.89. The Kier molecular flexibility index (Phi) is 17.0. The van der Waals surface area contributed by atoms with Crippen molar-refractivity contribution in [3.05, 3.63) is 181 Å². The fourth-order valence-electron chi connectivity index (χ4n) is 5.07. The molecule has 0 aliphatic rings. The van der Waals surface area contributed by atoms with E-state index in [1.807, 2.05) is 97.2 Å². The molecule has 0 spiro atoms. The third kappa shape index (κ3) is 14.0. The van der Waals surface area contributed by atoms with Gasteiger partial charge in [-0.1, -0.05) is 92.4 Å². The van der Waals surface area contributed by atoms with Crippen LogP contribution < -0.4 is 29.4 Å². The van der Waals surface area contributed by atoms with Crippen LogP contribution in [-0.4, -0.2) is 39.0 Å². The second-order valence-corrected chi connectivity index (χ2v) is 11.8. The van der Waals surface area contributed by atoms with Gasteiger partial charge >= 0.3 is 0 Å². The number of hydrogen-bond donors (Lipinski definition) is 0. The van der Waals surface area contributed by atoms with Gasteiger partial charge in [0.2, 0.25) is 0 Å². The number of hydrogen-bond acceptors (Lipinski definition) is 8. The summed E-state index contributed by atoms with van der Waals surface area (Å²) in [7, 11) is 3.91. The predicted molar refractivity (Wildman–Crippen MR) is 212 cm³/mol. The van der Waals surface area contributed by atoms with Crippen LogP contribution in [0, 0.1) is 0 Å². The molecule has 0 saturated carbocycles. The van der Waals surface area contributed by atoms with E-state index < -0.39 is 12.4 Å². The third-order valence-corrected chi connectivity index (χ3v) is 7.83. The third-order valence-electron chi connectivity index (χ3n) is 7.83. The molecule has 0 bridgehead atoms. The molecule has 0 fully saturated rings. The van der Waals surface area contributed by atoms with Crippen molar-refractivity contribution in [2.75, 3.05) is 24.1 Å². The zero-order valence-corrected chi connectivity index (χ0v) is 30.0. The molecule has 0 unspecified atom stereocenters. The topological polar surface area (TPSA) is 119 Å². The Balaban J connectivity index is 0.000000906. The van der Waals surface area contributed by atoms with Crippen LogP contribution in [0.4, 0.5) is 11.4 Å². The van der Waals surface area contributed by atoms with E-state index in [0.29, 0.717) is 0 Å². The molecule has 10 nitrogen and oxygen atoms in total.